The lowest BCUT2D eigenvalue weighted by Gasteiger charge is -2.32. The van der Waals surface area contributed by atoms with Crippen molar-refractivity contribution in [3.8, 4) is 55.6 Å². The van der Waals surface area contributed by atoms with Crippen LogP contribution in [0, 0.1) is 0 Å². The van der Waals surface area contributed by atoms with Crippen molar-refractivity contribution in [1.29, 1.82) is 0 Å². The van der Waals surface area contributed by atoms with Crippen molar-refractivity contribution in [3.05, 3.63) is 202 Å². The van der Waals surface area contributed by atoms with Gasteiger partial charge in [-0.05, 0) is 144 Å². The molecule has 1 aliphatic rings. The fraction of sp³-hybridized carbons (Fsp3) is 0.118. The number of nitrogens with zero attached hydrogens (tertiary/aromatic N) is 3. The summed E-state index contributed by atoms with van der Waals surface area (Å²) < 4.78 is 14.2. The molecule has 8 aromatic rings. The second-order valence-corrected chi connectivity index (χ2v) is 18.1. The maximum absolute atomic E-state index is 6.54. The first-order valence-corrected chi connectivity index (χ1v) is 22.0. The lowest BCUT2D eigenvalue weighted by atomic mass is 9.78. The summed E-state index contributed by atoms with van der Waals surface area (Å²) in [5, 5.41) is 1.45. The summed E-state index contributed by atoms with van der Waals surface area (Å²) in [5.74, 6) is 0. The van der Waals surface area contributed by atoms with E-state index in [0.29, 0.717) is 5.02 Å². The molecule has 0 N–H and O–H groups in total. The minimum absolute atomic E-state index is 0. The monoisotopic (exact) mass is 987 g/mol. The Kier molecular flexibility index (Phi) is 15.7. The molecule has 1 saturated heterocycles. The first kappa shape index (κ1) is 46.5. The van der Waals surface area contributed by atoms with E-state index in [2.05, 4.69) is 159 Å². The van der Waals surface area contributed by atoms with E-state index in [1.807, 2.05) is 79.3 Å². The fourth-order valence-corrected chi connectivity index (χ4v) is 8.67. The average Bonchev–Trinajstić information content (AvgIpc) is 3.50. The molecule has 9 rings (SSSR count). The molecule has 5 aromatic carbocycles. The van der Waals surface area contributed by atoms with Gasteiger partial charge in [0, 0.05) is 67.3 Å². The zero-order valence-electron chi connectivity index (χ0n) is 34.5. The van der Waals surface area contributed by atoms with Gasteiger partial charge < -0.3 is 9.31 Å². The van der Waals surface area contributed by atoms with Crippen LogP contribution < -0.4 is 5.46 Å². The largest absolute Gasteiger partial charge is 0.494 e. The number of pyridine rings is 3. The van der Waals surface area contributed by atoms with Gasteiger partial charge in [0.25, 0.3) is 0 Å². The van der Waals surface area contributed by atoms with Crippen molar-refractivity contribution in [1.82, 2.24) is 15.0 Å². The summed E-state index contributed by atoms with van der Waals surface area (Å²) in [5.41, 5.74) is 11.5. The standard InChI is InChI=1S/C28H19ClN2.C17H20BNO2.C6H3Br2Cl.FH/c29-28-16-26(22-7-1-5-20(13-22)24-9-3-11-30-18-24)15-27(17-28)23-8-2-6-21(14-23)25-10-4-12-31-19-25;1-16(2)17(3,4)21-18(20-16)15-9-5-7-13(11-15)14-8-6-10-19-12-14;7-4-1-5(8)3-6(9)2-4;/h1-19H;5-12H,1-4H3;1-3H;1H. The first-order valence-electron chi connectivity index (χ1n) is 19.6. The highest BCUT2D eigenvalue weighted by molar-refractivity contribution is 9.11. The molecule has 312 valence electrons. The van der Waals surface area contributed by atoms with E-state index in [-0.39, 0.29) is 23.0 Å². The van der Waals surface area contributed by atoms with Gasteiger partial charge in [-0.15, -0.1) is 0 Å². The van der Waals surface area contributed by atoms with Gasteiger partial charge in [-0.1, -0.05) is 134 Å². The number of hydrogen-bond acceptors (Lipinski definition) is 5. The molecule has 1 aliphatic heterocycles. The lowest BCUT2D eigenvalue weighted by Crippen LogP contribution is -2.41. The van der Waals surface area contributed by atoms with Crippen LogP contribution in [0.25, 0.3) is 55.6 Å². The van der Waals surface area contributed by atoms with Crippen molar-refractivity contribution in [2.24, 2.45) is 0 Å². The Morgan fingerprint density at radius 2 is 0.758 bits per heavy atom. The van der Waals surface area contributed by atoms with Crippen molar-refractivity contribution in [3.63, 3.8) is 0 Å². The average molecular weight is 990 g/mol. The Morgan fingerprint density at radius 1 is 0.419 bits per heavy atom. The molecule has 0 atom stereocenters. The molecular formula is C51H43BBr2Cl2FN3O2. The highest BCUT2D eigenvalue weighted by Gasteiger charge is 2.51. The molecule has 0 radical (unpaired) electrons. The fourth-order valence-electron chi connectivity index (χ4n) is 6.64. The number of hydrogen-bond donors (Lipinski definition) is 0. The zero-order chi connectivity index (χ0) is 43.0. The SMILES string of the molecule is CC1(C)OB(c2cccc(-c3cccnc3)c2)OC1(C)C.Clc1cc(-c2cccc(-c3cccnc3)c2)cc(-c2cccc(-c3cccnc3)c2)c1.Clc1cc(Br)cc(Br)c1.F. The second-order valence-electron chi connectivity index (χ2n) is 15.4. The highest BCUT2D eigenvalue weighted by atomic mass is 79.9. The van der Waals surface area contributed by atoms with Gasteiger partial charge in [0.1, 0.15) is 0 Å². The summed E-state index contributed by atoms with van der Waals surface area (Å²) in [6, 6.07) is 49.1. The summed E-state index contributed by atoms with van der Waals surface area (Å²) in [7, 11) is -0.327. The second kappa shape index (κ2) is 20.9. The molecule has 11 heteroatoms. The predicted octanol–water partition coefficient (Wildman–Crippen LogP) is 14.9. The molecule has 0 spiro atoms. The van der Waals surface area contributed by atoms with E-state index < -0.39 is 0 Å². The topological polar surface area (TPSA) is 57.1 Å². The minimum atomic E-state index is -0.327. The van der Waals surface area contributed by atoms with E-state index >= 15 is 0 Å². The number of rotatable bonds is 6. The Hall–Kier alpha value is -5.00. The molecule has 0 amide bonds. The third-order valence-corrected chi connectivity index (χ3v) is 11.9. The third kappa shape index (κ3) is 11.9. The van der Waals surface area contributed by atoms with Gasteiger partial charge in [0.15, 0.2) is 0 Å². The van der Waals surface area contributed by atoms with Crippen LogP contribution in [0.3, 0.4) is 0 Å². The molecule has 3 aromatic heterocycles. The van der Waals surface area contributed by atoms with Gasteiger partial charge in [-0.3, -0.25) is 19.7 Å². The molecular weight excluding hydrogens is 947 g/mol. The van der Waals surface area contributed by atoms with Crippen molar-refractivity contribution in [2.75, 3.05) is 0 Å². The van der Waals surface area contributed by atoms with Crippen LogP contribution in [0.1, 0.15) is 27.7 Å². The number of halogens is 5. The Labute approximate surface area is 390 Å². The lowest BCUT2D eigenvalue weighted by molar-refractivity contribution is 0.00578. The molecule has 0 saturated carbocycles. The van der Waals surface area contributed by atoms with E-state index in [0.717, 1.165) is 75.1 Å². The summed E-state index contributed by atoms with van der Waals surface area (Å²) in [4.78, 5) is 12.6. The van der Waals surface area contributed by atoms with Crippen LogP contribution >= 0.6 is 55.1 Å². The van der Waals surface area contributed by atoms with E-state index in [1.54, 1.807) is 18.6 Å². The van der Waals surface area contributed by atoms with Crippen LogP contribution in [0.15, 0.2) is 192 Å². The van der Waals surface area contributed by atoms with Crippen molar-refractivity contribution < 1.29 is 14.0 Å². The van der Waals surface area contributed by atoms with E-state index in [1.165, 1.54) is 0 Å². The van der Waals surface area contributed by atoms with Gasteiger partial charge >= 0.3 is 7.12 Å². The Balaban J connectivity index is 0.000000178. The maximum Gasteiger partial charge on any atom is 0.494 e. The molecule has 0 unspecified atom stereocenters. The van der Waals surface area contributed by atoms with Gasteiger partial charge in [0.05, 0.1) is 11.2 Å². The maximum atomic E-state index is 6.54. The molecule has 1 fully saturated rings. The molecule has 0 aliphatic carbocycles. The normalized spacial score (nSPS) is 13.5. The van der Waals surface area contributed by atoms with Gasteiger partial charge in [0.2, 0.25) is 0 Å². The molecule has 62 heavy (non-hydrogen) atoms. The van der Waals surface area contributed by atoms with E-state index in [4.69, 9.17) is 32.5 Å². The number of aromatic nitrogens is 3. The van der Waals surface area contributed by atoms with Crippen LogP contribution in [0.4, 0.5) is 4.70 Å². The van der Waals surface area contributed by atoms with Gasteiger partial charge in [-0.25, -0.2) is 0 Å². The zero-order valence-corrected chi connectivity index (χ0v) is 39.2. The smallest absolute Gasteiger partial charge is 0.399 e. The van der Waals surface area contributed by atoms with Gasteiger partial charge in [-0.2, -0.15) is 0 Å². The van der Waals surface area contributed by atoms with Crippen molar-refractivity contribution in [2.45, 2.75) is 38.9 Å². The van der Waals surface area contributed by atoms with Crippen molar-refractivity contribution >= 4 is 67.6 Å². The molecule has 0 bridgehead atoms. The Bertz CT molecular complexity index is 2560. The molecule has 4 heterocycles. The number of benzene rings is 5. The van der Waals surface area contributed by atoms with Crippen LogP contribution in [-0.2, 0) is 9.31 Å². The predicted molar refractivity (Wildman–Crippen MR) is 264 cm³/mol. The third-order valence-electron chi connectivity index (χ3n) is 10.5. The summed E-state index contributed by atoms with van der Waals surface area (Å²) >= 11 is 18.8. The van der Waals surface area contributed by atoms with Crippen LogP contribution in [0.5, 0.6) is 0 Å². The van der Waals surface area contributed by atoms with Crippen LogP contribution in [0.2, 0.25) is 10.0 Å². The molecule has 5 nitrogen and oxygen atoms in total. The summed E-state index contributed by atoms with van der Waals surface area (Å²) in [6.45, 7) is 8.27. The quantitative estimate of drug-likeness (QED) is 0.155. The Morgan fingerprint density at radius 3 is 1.15 bits per heavy atom. The van der Waals surface area contributed by atoms with E-state index in [9.17, 15) is 0 Å². The highest BCUT2D eigenvalue weighted by Crippen LogP contribution is 2.37. The first-order chi connectivity index (χ1) is 29.3. The van der Waals surface area contributed by atoms with Crippen LogP contribution in [-0.4, -0.2) is 33.3 Å². The summed E-state index contributed by atoms with van der Waals surface area (Å²) in [6.07, 6.45) is 11.0. The minimum Gasteiger partial charge on any atom is -0.399 e.